The Morgan fingerprint density at radius 2 is 1.52 bits per heavy atom. The largest absolute Gasteiger partial charge is 0.480 e. The molecule has 0 aromatic heterocycles. The summed E-state index contributed by atoms with van der Waals surface area (Å²) in [6.45, 7) is 7.06. The van der Waals surface area contributed by atoms with Crippen molar-refractivity contribution < 1.29 is 9.90 Å². The number of carboxylic acids is 1. The molecule has 2 aromatic carbocycles. The zero-order chi connectivity index (χ0) is 17.2. The second-order valence-electron chi connectivity index (χ2n) is 6.50. The van der Waals surface area contributed by atoms with Crippen LogP contribution in [0.25, 0.3) is 0 Å². The second-order valence-corrected chi connectivity index (χ2v) is 6.50. The minimum absolute atomic E-state index is 0. The Bertz CT molecular complexity index is 715. The number of hydrogen-bond acceptors (Lipinski definition) is 3. The topological polar surface area (TPSA) is 43.8 Å². The summed E-state index contributed by atoms with van der Waals surface area (Å²) < 4.78 is 0. The van der Waals surface area contributed by atoms with E-state index in [1.165, 1.54) is 11.3 Å². The third kappa shape index (κ3) is 3.65. The molecule has 134 valence electrons. The van der Waals surface area contributed by atoms with Crippen molar-refractivity contribution in [2.75, 3.05) is 31.1 Å². The molecule has 1 N–H and O–H groups in total. The summed E-state index contributed by atoms with van der Waals surface area (Å²) in [6.07, 6.45) is 0. The molecule has 5 heteroatoms. The number of benzene rings is 2. The molecule has 1 saturated heterocycles. The lowest BCUT2D eigenvalue weighted by atomic mass is 9.89. The van der Waals surface area contributed by atoms with Gasteiger partial charge in [-0.25, -0.2) is 4.79 Å². The van der Waals surface area contributed by atoms with Gasteiger partial charge in [0.1, 0.15) is 5.54 Å². The van der Waals surface area contributed by atoms with Crippen molar-refractivity contribution >= 4 is 24.1 Å². The number of hydrogen-bond donors (Lipinski definition) is 1. The maximum Gasteiger partial charge on any atom is 0.328 e. The number of aryl methyl sites for hydroxylation is 1. The first-order valence-electron chi connectivity index (χ1n) is 8.38. The van der Waals surface area contributed by atoms with Crippen LogP contribution in [-0.2, 0) is 10.3 Å². The van der Waals surface area contributed by atoms with Gasteiger partial charge in [0.2, 0.25) is 0 Å². The van der Waals surface area contributed by atoms with E-state index in [4.69, 9.17) is 0 Å². The van der Waals surface area contributed by atoms with Gasteiger partial charge in [0.15, 0.2) is 0 Å². The van der Waals surface area contributed by atoms with Gasteiger partial charge in [0, 0.05) is 31.9 Å². The summed E-state index contributed by atoms with van der Waals surface area (Å²) in [4.78, 5) is 16.5. The molecule has 1 aliphatic heterocycles. The lowest BCUT2D eigenvalue weighted by molar-refractivity contribution is -0.151. The van der Waals surface area contributed by atoms with Gasteiger partial charge in [-0.15, -0.1) is 12.4 Å². The summed E-state index contributed by atoms with van der Waals surface area (Å²) in [5.41, 5.74) is 2.35. The van der Waals surface area contributed by atoms with E-state index in [9.17, 15) is 9.90 Å². The SMILES string of the molecule is Cc1ccccc1N1CCN(C(C)(C(=O)O)c2ccccc2)CC1.Cl. The molecule has 4 nitrogen and oxygen atoms in total. The van der Waals surface area contributed by atoms with Crippen LogP contribution in [0.1, 0.15) is 18.1 Å². The first-order valence-corrected chi connectivity index (χ1v) is 8.38. The molecular formula is C20H25ClN2O2. The molecule has 1 fully saturated rings. The van der Waals surface area contributed by atoms with Crippen molar-refractivity contribution in [1.29, 1.82) is 0 Å². The zero-order valence-electron chi connectivity index (χ0n) is 14.7. The van der Waals surface area contributed by atoms with Crippen LogP contribution in [0.5, 0.6) is 0 Å². The fourth-order valence-corrected chi connectivity index (χ4v) is 3.52. The van der Waals surface area contributed by atoms with Crippen LogP contribution < -0.4 is 4.90 Å². The third-order valence-electron chi connectivity index (χ3n) is 5.12. The minimum atomic E-state index is -0.987. The summed E-state index contributed by atoms with van der Waals surface area (Å²) in [5, 5.41) is 9.91. The normalized spacial score (nSPS) is 17.4. The van der Waals surface area contributed by atoms with Crippen LogP contribution in [0.2, 0.25) is 0 Å². The van der Waals surface area contributed by atoms with Crippen molar-refractivity contribution in [1.82, 2.24) is 4.90 Å². The van der Waals surface area contributed by atoms with Gasteiger partial charge >= 0.3 is 5.97 Å². The molecule has 1 unspecified atom stereocenters. The maximum atomic E-state index is 12.1. The number of rotatable bonds is 4. The number of carbonyl (C=O) groups is 1. The molecule has 0 bridgehead atoms. The highest BCUT2D eigenvalue weighted by molar-refractivity contribution is 5.85. The number of anilines is 1. The predicted molar refractivity (Wildman–Crippen MR) is 104 cm³/mol. The van der Waals surface area contributed by atoms with E-state index in [0.717, 1.165) is 31.7 Å². The van der Waals surface area contributed by atoms with E-state index in [2.05, 4.69) is 34.9 Å². The standard InChI is InChI=1S/C20H24N2O2.ClH/c1-16-8-6-7-11-18(16)21-12-14-22(15-13-21)20(2,19(23)24)17-9-4-3-5-10-17;/h3-11H,12-15H2,1-2H3,(H,23,24);1H. The molecule has 2 aromatic rings. The van der Waals surface area contributed by atoms with Crippen LogP contribution >= 0.6 is 12.4 Å². The van der Waals surface area contributed by atoms with Crippen molar-refractivity contribution in [3.05, 3.63) is 65.7 Å². The highest BCUT2D eigenvalue weighted by atomic mass is 35.5. The van der Waals surface area contributed by atoms with Crippen molar-refractivity contribution in [2.45, 2.75) is 19.4 Å². The fourth-order valence-electron chi connectivity index (χ4n) is 3.52. The van der Waals surface area contributed by atoms with Crippen molar-refractivity contribution in [3.8, 4) is 0 Å². The zero-order valence-corrected chi connectivity index (χ0v) is 15.5. The van der Waals surface area contributed by atoms with Crippen LogP contribution in [0.15, 0.2) is 54.6 Å². The Balaban J connectivity index is 0.00000225. The average molecular weight is 361 g/mol. The third-order valence-corrected chi connectivity index (χ3v) is 5.12. The quantitative estimate of drug-likeness (QED) is 0.905. The average Bonchev–Trinajstić information content (AvgIpc) is 2.62. The molecule has 3 rings (SSSR count). The van der Waals surface area contributed by atoms with E-state index >= 15 is 0 Å². The van der Waals surface area contributed by atoms with E-state index in [1.807, 2.05) is 43.3 Å². The summed E-state index contributed by atoms with van der Waals surface area (Å²) >= 11 is 0. The predicted octanol–water partition coefficient (Wildman–Crippen LogP) is 3.54. The molecule has 0 spiro atoms. The second kappa shape index (κ2) is 7.89. The fraction of sp³-hybridized carbons (Fsp3) is 0.350. The first-order chi connectivity index (χ1) is 11.5. The Morgan fingerprint density at radius 1 is 0.960 bits per heavy atom. The van der Waals surface area contributed by atoms with E-state index < -0.39 is 11.5 Å². The molecule has 25 heavy (non-hydrogen) atoms. The molecule has 1 aliphatic rings. The molecule has 1 atom stereocenters. The minimum Gasteiger partial charge on any atom is -0.480 e. The van der Waals surface area contributed by atoms with Gasteiger partial charge in [0.05, 0.1) is 0 Å². The molecule has 0 amide bonds. The molecular weight excluding hydrogens is 336 g/mol. The lowest BCUT2D eigenvalue weighted by Gasteiger charge is -2.44. The van der Waals surface area contributed by atoms with Crippen molar-refractivity contribution in [2.24, 2.45) is 0 Å². The Morgan fingerprint density at radius 3 is 2.08 bits per heavy atom. The van der Waals surface area contributed by atoms with Gasteiger partial charge in [-0.1, -0.05) is 48.5 Å². The Hall–Kier alpha value is -2.04. The number of aliphatic carboxylic acids is 1. The Kier molecular flexibility index (Phi) is 6.09. The monoisotopic (exact) mass is 360 g/mol. The van der Waals surface area contributed by atoms with Crippen LogP contribution in [0.3, 0.4) is 0 Å². The van der Waals surface area contributed by atoms with Gasteiger partial charge < -0.3 is 10.0 Å². The number of piperazine rings is 1. The highest BCUT2D eigenvalue weighted by Crippen LogP contribution is 2.31. The summed E-state index contributed by atoms with van der Waals surface area (Å²) in [7, 11) is 0. The van der Waals surface area contributed by atoms with Gasteiger partial charge in [-0.2, -0.15) is 0 Å². The molecule has 1 heterocycles. The summed E-state index contributed by atoms with van der Waals surface area (Å²) in [5.74, 6) is -0.793. The van der Waals surface area contributed by atoms with Gasteiger partial charge in [-0.3, -0.25) is 4.90 Å². The molecule has 0 aliphatic carbocycles. The first kappa shape index (κ1) is 19.3. The van der Waals surface area contributed by atoms with Crippen molar-refractivity contribution in [3.63, 3.8) is 0 Å². The molecule has 0 radical (unpaired) electrons. The smallest absolute Gasteiger partial charge is 0.328 e. The summed E-state index contributed by atoms with van der Waals surface area (Å²) in [6, 6.07) is 17.9. The number of nitrogens with zero attached hydrogens (tertiary/aromatic N) is 2. The number of carboxylic acid groups (broad SMARTS) is 1. The lowest BCUT2D eigenvalue weighted by Crippen LogP contribution is -2.57. The maximum absolute atomic E-state index is 12.1. The van der Waals surface area contributed by atoms with Crippen LogP contribution in [0.4, 0.5) is 5.69 Å². The van der Waals surface area contributed by atoms with E-state index in [-0.39, 0.29) is 12.4 Å². The number of halogens is 1. The van der Waals surface area contributed by atoms with E-state index in [0.29, 0.717) is 0 Å². The van der Waals surface area contributed by atoms with Crippen LogP contribution in [-0.4, -0.2) is 42.2 Å². The van der Waals surface area contributed by atoms with E-state index in [1.54, 1.807) is 0 Å². The number of para-hydroxylation sites is 1. The highest BCUT2D eigenvalue weighted by Gasteiger charge is 2.42. The Labute approximate surface area is 155 Å². The van der Waals surface area contributed by atoms with Gasteiger partial charge in [0.25, 0.3) is 0 Å². The molecule has 0 saturated carbocycles. The van der Waals surface area contributed by atoms with Gasteiger partial charge in [-0.05, 0) is 31.0 Å². The van der Waals surface area contributed by atoms with Crippen LogP contribution in [0, 0.1) is 6.92 Å².